The van der Waals surface area contributed by atoms with Crippen molar-refractivity contribution in [1.82, 2.24) is 5.32 Å². The molecular formula is C21H32N2O2. The summed E-state index contributed by atoms with van der Waals surface area (Å²) in [6.45, 7) is 2.12. The Labute approximate surface area is 151 Å². The fourth-order valence-corrected chi connectivity index (χ4v) is 4.47. The highest BCUT2D eigenvalue weighted by Crippen LogP contribution is 2.38. The van der Waals surface area contributed by atoms with Crippen LogP contribution in [0, 0.1) is 11.3 Å². The molecule has 1 saturated carbocycles. The Morgan fingerprint density at radius 2 is 1.92 bits per heavy atom. The fourth-order valence-electron chi connectivity index (χ4n) is 4.47. The highest BCUT2D eigenvalue weighted by atomic mass is 16.5. The molecule has 3 rings (SSSR count). The first-order valence-corrected chi connectivity index (χ1v) is 9.86. The molecule has 4 nitrogen and oxygen atoms in total. The zero-order chi connectivity index (χ0) is 17.5. The second-order valence-corrected chi connectivity index (χ2v) is 7.85. The number of rotatable bonds is 6. The van der Waals surface area contributed by atoms with Gasteiger partial charge in [-0.05, 0) is 43.2 Å². The van der Waals surface area contributed by atoms with Crippen LogP contribution in [0.25, 0.3) is 0 Å². The summed E-state index contributed by atoms with van der Waals surface area (Å²) in [4.78, 5) is 12.6. The Kier molecular flexibility index (Phi) is 6.49. The van der Waals surface area contributed by atoms with E-state index in [2.05, 4.69) is 29.6 Å². The maximum absolute atomic E-state index is 12.6. The zero-order valence-electron chi connectivity index (χ0n) is 15.2. The minimum Gasteiger partial charge on any atom is -0.373 e. The van der Waals surface area contributed by atoms with E-state index in [0.29, 0.717) is 25.4 Å². The number of hydrogen-bond acceptors (Lipinski definition) is 3. The van der Waals surface area contributed by atoms with Crippen LogP contribution >= 0.6 is 0 Å². The molecule has 0 bridgehead atoms. The molecule has 2 aliphatic rings. The lowest BCUT2D eigenvalue weighted by molar-refractivity contribution is -0.124. The largest absolute Gasteiger partial charge is 0.373 e. The number of amides is 1. The summed E-state index contributed by atoms with van der Waals surface area (Å²) in [5.41, 5.74) is 7.27. The first-order valence-electron chi connectivity index (χ1n) is 9.86. The van der Waals surface area contributed by atoms with E-state index in [4.69, 9.17) is 10.5 Å². The summed E-state index contributed by atoms with van der Waals surface area (Å²) in [6.07, 6.45) is 8.71. The van der Waals surface area contributed by atoms with Crippen molar-refractivity contribution >= 4 is 5.91 Å². The SMILES string of the molecule is NCC1(CC(=O)NCC2CCCOC2c2ccccc2)CCCCC1. The van der Waals surface area contributed by atoms with E-state index >= 15 is 0 Å². The molecule has 1 amide bonds. The predicted molar refractivity (Wildman–Crippen MR) is 100 cm³/mol. The summed E-state index contributed by atoms with van der Waals surface area (Å²) in [5.74, 6) is 0.505. The van der Waals surface area contributed by atoms with Gasteiger partial charge in [0.05, 0.1) is 6.10 Å². The summed E-state index contributed by atoms with van der Waals surface area (Å²) in [7, 11) is 0. The van der Waals surface area contributed by atoms with E-state index in [-0.39, 0.29) is 17.4 Å². The van der Waals surface area contributed by atoms with E-state index in [1.54, 1.807) is 0 Å². The molecule has 1 aromatic carbocycles. The molecule has 1 heterocycles. The van der Waals surface area contributed by atoms with Gasteiger partial charge < -0.3 is 15.8 Å². The third-order valence-corrected chi connectivity index (χ3v) is 6.02. The van der Waals surface area contributed by atoms with Gasteiger partial charge >= 0.3 is 0 Å². The Balaban J connectivity index is 1.55. The maximum Gasteiger partial charge on any atom is 0.220 e. The third-order valence-electron chi connectivity index (χ3n) is 6.02. The van der Waals surface area contributed by atoms with Gasteiger partial charge in [-0.3, -0.25) is 4.79 Å². The second-order valence-electron chi connectivity index (χ2n) is 7.85. The molecule has 4 heteroatoms. The topological polar surface area (TPSA) is 64.4 Å². The van der Waals surface area contributed by atoms with Crippen LogP contribution in [0.15, 0.2) is 30.3 Å². The highest BCUT2D eigenvalue weighted by Gasteiger charge is 2.33. The van der Waals surface area contributed by atoms with Gasteiger partial charge in [-0.2, -0.15) is 0 Å². The molecule has 1 aliphatic heterocycles. The van der Waals surface area contributed by atoms with Gasteiger partial charge in [0.1, 0.15) is 0 Å². The number of nitrogens with one attached hydrogen (secondary N) is 1. The van der Waals surface area contributed by atoms with Gasteiger partial charge in [0, 0.05) is 25.5 Å². The third kappa shape index (κ3) is 4.83. The summed E-state index contributed by atoms with van der Waals surface area (Å²) >= 11 is 0. The molecule has 0 aromatic heterocycles. The van der Waals surface area contributed by atoms with Crippen molar-refractivity contribution < 1.29 is 9.53 Å². The van der Waals surface area contributed by atoms with E-state index < -0.39 is 0 Å². The van der Waals surface area contributed by atoms with Crippen molar-refractivity contribution in [1.29, 1.82) is 0 Å². The van der Waals surface area contributed by atoms with Crippen molar-refractivity contribution in [3.63, 3.8) is 0 Å². The number of carbonyl (C=O) groups is 1. The molecule has 25 heavy (non-hydrogen) atoms. The van der Waals surface area contributed by atoms with Crippen molar-refractivity contribution in [2.45, 2.75) is 57.5 Å². The highest BCUT2D eigenvalue weighted by molar-refractivity contribution is 5.76. The zero-order valence-corrected chi connectivity index (χ0v) is 15.2. The first-order chi connectivity index (χ1) is 12.2. The van der Waals surface area contributed by atoms with Gasteiger partial charge in [0.15, 0.2) is 0 Å². The molecule has 1 aliphatic carbocycles. The standard InChI is InChI=1S/C21H32N2O2/c22-16-21(11-5-2-6-12-21)14-19(24)23-15-18-10-7-13-25-20(18)17-8-3-1-4-9-17/h1,3-4,8-9,18,20H,2,5-7,10-16,22H2,(H,23,24). The van der Waals surface area contributed by atoms with E-state index in [1.165, 1.54) is 24.8 Å². The molecule has 1 saturated heterocycles. The molecular weight excluding hydrogens is 312 g/mol. The molecule has 3 N–H and O–H groups in total. The quantitative estimate of drug-likeness (QED) is 0.829. The van der Waals surface area contributed by atoms with Gasteiger partial charge in [-0.25, -0.2) is 0 Å². The predicted octanol–water partition coefficient (Wildman–Crippen LogP) is 3.57. The van der Waals surface area contributed by atoms with Crippen molar-refractivity contribution in [3.8, 4) is 0 Å². The smallest absolute Gasteiger partial charge is 0.220 e. The average Bonchev–Trinajstić information content (AvgIpc) is 2.68. The lowest BCUT2D eigenvalue weighted by Crippen LogP contribution is -2.41. The molecule has 138 valence electrons. The maximum atomic E-state index is 12.6. The molecule has 1 aromatic rings. The molecule has 2 unspecified atom stereocenters. The van der Waals surface area contributed by atoms with Gasteiger partial charge in [0.2, 0.25) is 5.91 Å². The molecule has 2 fully saturated rings. The first kappa shape index (κ1) is 18.4. The van der Waals surface area contributed by atoms with Gasteiger partial charge in [-0.1, -0.05) is 49.6 Å². The Hall–Kier alpha value is -1.39. The van der Waals surface area contributed by atoms with E-state index in [0.717, 1.165) is 32.3 Å². The number of benzene rings is 1. The van der Waals surface area contributed by atoms with Crippen LogP contribution in [0.2, 0.25) is 0 Å². The van der Waals surface area contributed by atoms with Crippen molar-refractivity contribution in [2.24, 2.45) is 17.1 Å². The number of hydrogen-bond donors (Lipinski definition) is 2. The monoisotopic (exact) mass is 344 g/mol. The summed E-state index contributed by atoms with van der Waals surface area (Å²) in [5, 5.41) is 3.18. The Morgan fingerprint density at radius 1 is 1.16 bits per heavy atom. The number of nitrogens with two attached hydrogens (primary N) is 1. The van der Waals surface area contributed by atoms with Crippen LogP contribution in [-0.2, 0) is 9.53 Å². The summed E-state index contributed by atoms with van der Waals surface area (Å²) < 4.78 is 6.03. The number of ether oxygens (including phenoxy) is 1. The van der Waals surface area contributed by atoms with E-state index in [1.807, 2.05) is 6.07 Å². The van der Waals surface area contributed by atoms with Crippen LogP contribution < -0.4 is 11.1 Å². The van der Waals surface area contributed by atoms with Gasteiger partial charge in [-0.15, -0.1) is 0 Å². The summed E-state index contributed by atoms with van der Waals surface area (Å²) in [6, 6.07) is 10.4. The van der Waals surface area contributed by atoms with Crippen LogP contribution in [0.3, 0.4) is 0 Å². The Morgan fingerprint density at radius 3 is 2.64 bits per heavy atom. The average molecular weight is 344 g/mol. The van der Waals surface area contributed by atoms with Crippen LogP contribution in [-0.4, -0.2) is 25.6 Å². The lowest BCUT2D eigenvalue weighted by atomic mass is 9.71. The van der Waals surface area contributed by atoms with Crippen LogP contribution in [0.5, 0.6) is 0 Å². The Bertz CT molecular complexity index is 540. The van der Waals surface area contributed by atoms with Crippen LogP contribution in [0.1, 0.15) is 63.0 Å². The van der Waals surface area contributed by atoms with Crippen LogP contribution in [0.4, 0.5) is 0 Å². The van der Waals surface area contributed by atoms with Gasteiger partial charge in [0.25, 0.3) is 0 Å². The minimum absolute atomic E-state index is 0.0320. The second kappa shape index (κ2) is 8.81. The van der Waals surface area contributed by atoms with Crippen molar-refractivity contribution in [3.05, 3.63) is 35.9 Å². The normalized spacial score (nSPS) is 26.1. The molecule has 0 spiro atoms. The lowest BCUT2D eigenvalue weighted by Gasteiger charge is -2.36. The minimum atomic E-state index is 0.0320. The molecule has 0 radical (unpaired) electrons. The van der Waals surface area contributed by atoms with E-state index in [9.17, 15) is 4.79 Å². The fraction of sp³-hybridized carbons (Fsp3) is 0.667. The molecule has 2 atom stereocenters. The van der Waals surface area contributed by atoms with Crippen molar-refractivity contribution in [2.75, 3.05) is 19.7 Å². The number of carbonyl (C=O) groups excluding carboxylic acids is 1.